The molecule has 0 bridgehead atoms. The van der Waals surface area contributed by atoms with E-state index in [0.29, 0.717) is 39.2 Å². The number of amides is 1. The zero-order valence-corrected chi connectivity index (χ0v) is 12.3. The van der Waals surface area contributed by atoms with E-state index in [1.54, 1.807) is 0 Å². The standard InChI is InChI=1S/C14H25N3O4/c15-12(17-19)14(4-8-20-9-5-14)13(18)16-6-1-7-21-10-11-2-3-11/h11,19H,1-10H2,(H2,15,17)(H,16,18). The Morgan fingerprint density at radius 1 is 1.43 bits per heavy atom. The molecule has 1 heterocycles. The van der Waals surface area contributed by atoms with E-state index in [1.165, 1.54) is 12.8 Å². The third kappa shape index (κ3) is 4.31. The minimum atomic E-state index is -0.943. The van der Waals surface area contributed by atoms with Crippen LogP contribution in [0.2, 0.25) is 0 Å². The van der Waals surface area contributed by atoms with E-state index in [4.69, 9.17) is 20.4 Å². The van der Waals surface area contributed by atoms with E-state index < -0.39 is 5.41 Å². The summed E-state index contributed by atoms with van der Waals surface area (Å²) >= 11 is 0. The van der Waals surface area contributed by atoms with Crippen LogP contribution in [0.1, 0.15) is 32.1 Å². The molecule has 2 aliphatic rings. The Labute approximate surface area is 124 Å². The molecular formula is C14H25N3O4. The average molecular weight is 299 g/mol. The summed E-state index contributed by atoms with van der Waals surface area (Å²) in [7, 11) is 0. The molecule has 7 heteroatoms. The van der Waals surface area contributed by atoms with Crippen LogP contribution in [0.4, 0.5) is 0 Å². The summed E-state index contributed by atoms with van der Waals surface area (Å²) in [4.78, 5) is 12.4. The highest BCUT2D eigenvalue weighted by Gasteiger charge is 2.44. The van der Waals surface area contributed by atoms with Crippen molar-refractivity contribution < 1.29 is 19.5 Å². The summed E-state index contributed by atoms with van der Waals surface area (Å²) < 4.78 is 10.8. The predicted octanol–water partition coefficient (Wildman–Crippen LogP) is 0.462. The Hall–Kier alpha value is -1.34. The Bertz CT molecular complexity index is 376. The second kappa shape index (κ2) is 7.61. The van der Waals surface area contributed by atoms with Crippen LogP contribution in [0.5, 0.6) is 0 Å². The number of nitrogens with zero attached hydrogens (tertiary/aromatic N) is 1. The fourth-order valence-electron chi connectivity index (χ4n) is 2.49. The van der Waals surface area contributed by atoms with Crippen molar-refractivity contribution >= 4 is 11.7 Å². The molecule has 21 heavy (non-hydrogen) atoms. The highest BCUT2D eigenvalue weighted by atomic mass is 16.5. The van der Waals surface area contributed by atoms with Gasteiger partial charge >= 0.3 is 0 Å². The molecule has 0 aromatic heterocycles. The zero-order chi connectivity index (χ0) is 15.1. The van der Waals surface area contributed by atoms with Crippen LogP contribution in [0.15, 0.2) is 5.16 Å². The number of nitrogens with two attached hydrogens (primary N) is 1. The number of nitrogens with one attached hydrogen (secondary N) is 1. The van der Waals surface area contributed by atoms with E-state index in [1.807, 2.05) is 0 Å². The highest BCUT2D eigenvalue weighted by molar-refractivity contribution is 6.06. The van der Waals surface area contributed by atoms with Gasteiger partial charge in [0.15, 0.2) is 5.84 Å². The first-order valence-corrected chi connectivity index (χ1v) is 7.61. The summed E-state index contributed by atoms with van der Waals surface area (Å²) in [6, 6.07) is 0. The van der Waals surface area contributed by atoms with E-state index in [-0.39, 0.29) is 11.7 Å². The number of hydrogen-bond acceptors (Lipinski definition) is 5. The van der Waals surface area contributed by atoms with Crippen molar-refractivity contribution in [2.45, 2.75) is 32.1 Å². The first-order valence-electron chi connectivity index (χ1n) is 7.61. The molecule has 2 fully saturated rings. The molecule has 0 aromatic carbocycles. The largest absolute Gasteiger partial charge is 0.409 e. The van der Waals surface area contributed by atoms with Gasteiger partial charge in [0.1, 0.15) is 5.41 Å². The molecule has 1 amide bonds. The minimum Gasteiger partial charge on any atom is -0.409 e. The molecule has 7 nitrogen and oxygen atoms in total. The maximum Gasteiger partial charge on any atom is 0.234 e. The lowest BCUT2D eigenvalue weighted by Gasteiger charge is -2.34. The fourth-order valence-corrected chi connectivity index (χ4v) is 2.49. The maximum atomic E-state index is 12.4. The van der Waals surface area contributed by atoms with Crippen molar-refractivity contribution in [2.24, 2.45) is 22.2 Å². The predicted molar refractivity (Wildman–Crippen MR) is 77.1 cm³/mol. The van der Waals surface area contributed by atoms with Crippen molar-refractivity contribution in [1.82, 2.24) is 5.32 Å². The Kier molecular flexibility index (Phi) is 5.81. The highest BCUT2D eigenvalue weighted by Crippen LogP contribution is 2.31. The number of hydrogen-bond donors (Lipinski definition) is 3. The van der Waals surface area contributed by atoms with Crippen LogP contribution >= 0.6 is 0 Å². The quantitative estimate of drug-likeness (QED) is 0.198. The monoisotopic (exact) mass is 299 g/mol. The van der Waals surface area contributed by atoms with Gasteiger partial charge in [-0.1, -0.05) is 5.16 Å². The number of rotatable bonds is 8. The van der Waals surface area contributed by atoms with Gasteiger partial charge in [-0.2, -0.15) is 0 Å². The number of carbonyl (C=O) groups excluding carboxylic acids is 1. The topological polar surface area (TPSA) is 106 Å². The van der Waals surface area contributed by atoms with E-state index in [2.05, 4.69) is 10.5 Å². The second-order valence-electron chi connectivity index (χ2n) is 5.81. The summed E-state index contributed by atoms with van der Waals surface area (Å²) in [5.74, 6) is 0.530. The Morgan fingerprint density at radius 2 is 2.14 bits per heavy atom. The molecule has 0 aromatic rings. The van der Waals surface area contributed by atoms with E-state index >= 15 is 0 Å². The first kappa shape index (κ1) is 16.0. The van der Waals surface area contributed by atoms with Gasteiger partial charge in [0.25, 0.3) is 0 Å². The molecule has 0 atom stereocenters. The molecule has 4 N–H and O–H groups in total. The second-order valence-corrected chi connectivity index (χ2v) is 5.81. The van der Waals surface area contributed by atoms with Gasteiger partial charge in [0, 0.05) is 33.0 Å². The number of oxime groups is 1. The molecule has 1 saturated carbocycles. The van der Waals surface area contributed by atoms with Gasteiger partial charge in [-0.3, -0.25) is 4.79 Å². The third-order valence-electron chi connectivity index (χ3n) is 4.18. The molecule has 0 unspecified atom stereocenters. The smallest absolute Gasteiger partial charge is 0.234 e. The summed E-state index contributed by atoms with van der Waals surface area (Å²) in [5, 5.41) is 14.8. The molecule has 0 radical (unpaired) electrons. The normalized spacial score (nSPS) is 22.0. The van der Waals surface area contributed by atoms with Crippen molar-refractivity contribution in [3.8, 4) is 0 Å². The molecule has 0 spiro atoms. The van der Waals surface area contributed by atoms with Crippen molar-refractivity contribution in [2.75, 3.05) is 33.0 Å². The van der Waals surface area contributed by atoms with Gasteiger partial charge in [-0.15, -0.1) is 0 Å². The lowest BCUT2D eigenvalue weighted by atomic mass is 9.78. The molecule has 2 rings (SSSR count). The third-order valence-corrected chi connectivity index (χ3v) is 4.18. The molecular weight excluding hydrogens is 274 g/mol. The van der Waals surface area contributed by atoms with Crippen LogP contribution in [0.3, 0.4) is 0 Å². The van der Waals surface area contributed by atoms with Gasteiger partial charge in [0.2, 0.25) is 5.91 Å². The minimum absolute atomic E-state index is 0.0340. The van der Waals surface area contributed by atoms with Crippen LogP contribution in [-0.2, 0) is 14.3 Å². The van der Waals surface area contributed by atoms with Gasteiger partial charge in [-0.25, -0.2) is 0 Å². The number of amidine groups is 1. The Morgan fingerprint density at radius 3 is 2.76 bits per heavy atom. The molecule has 120 valence electrons. The maximum absolute atomic E-state index is 12.4. The van der Waals surface area contributed by atoms with Crippen molar-refractivity contribution in [1.29, 1.82) is 0 Å². The van der Waals surface area contributed by atoms with Crippen LogP contribution in [0.25, 0.3) is 0 Å². The van der Waals surface area contributed by atoms with Crippen molar-refractivity contribution in [3.63, 3.8) is 0 Å². The van der Waals surface area contributed by atoms with Crippen molar-refractivity contribution in [3.05, 3.63) is 0 Å². The summed E-state index contributed by atoms with van der Waals surface area (Å²) in [6.07, 6.45) is 4.20. The molecule has 1 saturated heterocycles. The van der Waals surface area contributed by atoms with Gasteiger partial charge in [-0.05, 0) is 38.0 Å². The summed E-state index contributed by atoms with van der Waals surface area (Å²) in [5.41, 5.74) is 4.79. The lowest BCUT2D eigenvalue weighted by molar-refractivity contribution is -0.131. The van der Waals surface area contributed by atoms with E-state index in [9.17, 15) is 4.79 Å². The summed E-state index contributed by atoms with van der Waals surface area (Å²) in [6.45, 7) is 2.89. The van der Waals surface area contributed by atoms with E-state index in [0.717, 1.165) is 18.9 Å². The number of carbonyl (C=O) groups is 1. The number of ether oxygens (including phenoxy) is 2. The van der Waals surface area contributed by atoms with Gasteiger partial charge in [0.05, 0.1) is 0 Å². The van der Waals surface area contributed by atoms with Crippen LogP contribution in [0, 0.1) is 11.3 Å². The molecule has 1 aliphatic heterocycles. The fraction of sp³-hybridized carbons (Fsp3) is 0.857. The van der Waals surface area contributed by atoms with Crippen LogP contribution < -0.4 is 11.1 Å². The first-order chi connectivity index (χ1) is 10.2. The average Bonchev–Trinajstić information content (AvgIpc) is 3.34. The molecule has 1 aliphatic carbocycles. The lowest BCUT2D eigenvalue weighted by Crippen LogP contribution is -2.53. The van der Waals surface area contributed by atoms with Gasteiger partial charge < -0.3 is 25.7 Å². The zero-order valence-electron chi connectivity index (χ0n) is 12.3. The van der Waals surface area contributed by atoms with Crippen LogP contribution in [-0.4, -0.2) is 49.9 Å². The Balaban J connectivity index is 1.72. The SMILES string of the molecule is NC(=NO)C1(C(=O)NCCCOCC2CC2)CCOCC1.